The molecule has 0 fully saturated rings. The van der Waals surface area contributed by atoms with Gasteiger partial charge in [-0.15, -0.1) is 0 Å². The average molecular weight is 257 g/mol. The highest BCUT2D eigenvalue weighted by molar-refractivity contribution is 5.86. The lowest BCUT2D eigenvalue weighted by molar-refractivity contribution is -0.117. The molecule has 0 aliphatic rings. The number of halogens is 1. The number of carbonyl (C=O) groups is 1. The van der Waals surface area contributed by atoms with E-state index in [1.54, 1.807) is 19.1 Å². The molecule has 19 heavy (non-hydrogen) atoms. The molecule has 0 aromatic heterocycles. The highest BCUT2D eigenvalue weighted by Gasteiger charge is 2.19. The summed E-state index contributed by atoms with van der Waals surface area (Å²) < 4.78 is 13.5. The van der Waals surface area contributed by atoms with Crippen LogP contribution in [0, 0.1) is 5.82 Å². The van der Waals surface area contributed by atoms with E-state index in [0.717, 1.165) is 11.1 Å². The van der Waals surface area contributed by atoms with Crippen LogP contribution in [0.1, 0.15) is 29.5 Å². The van der Waals surface area contributed by atoms with Gasteiger partial charge in [0.2, 0.25) is 0 Å². The summed E-state index contributed by atoms with van der Waals surface area (Å²) >= 11 is 0. The van der Waals surface area contributed by atoms with Gasteiger partial charge in [-0.2, -0.15) is 0 Å². The fraction of sp³-hybridized carbons (Fsp3) is 0.188. The first-order valence-electron chi connectivity index (χ1n) is 6.17. The average Bonchev–Trinajstić information content (AvgIpc) is 2.41. The van der Waals surface area contributed by atoms with Crippen LogP contribution in [0.15, 0.2) is 48.5 Å². The van der Waals surface area contributed by atoms with Gasteiger partial charge in [-0.25, -0.2) is 4.39 Å². The van der Waals surface area contributed by atoms with Crippen molar-refractivity contribution in [2.45, 2.75) is 19.4 Å². The summed E-state index contributed by atoms with van der Waals surface area (Å²) in [5.41, 5.74) is 7.63. The molecule has 1 atom stereocenters. The maximum atomic E-state index is 13.5. The molecule has 0 aliphatic heterocycles. The van der Waals surface area contributed by atoms with Gasteiger partial charge in [-0.3, -0.25) is 4.79 Å². The van der Waals surface area contributed by atoms with E-state index < -0.39 is 0 Å². The Bertz CT molecular complexity index is 581. The van der Waals surface area contributed by atoms with Crippen molar-refractivity contribution in [1.29, 1.82) is 0 Å². The van der Waals surface area contributed by atoms with Crippen LogP contribution in [0.3, 0.4) is 0 Å². The Morgan fingerprint density at radius 3 is 2.42 bits per heavy atom. The Kier molecular flexibility index (Phi) is 4.07. The van der Waals surface area contributed by atoms with Crippen LogP contribution >= 0.6 is 0 Å². The van der Waals surface area contributed by atoms with Crippen LogP contribution in [0.25, 0.3) is 0 Å². The van der Waals surface area contributed by atoms with Crippen molar-refractivity contribution >= 4 is 5.78 Å². The van der Waals surface area contributed by atoms with Crippen LogP contribution in [-0.2, 0) is 11.3 Å². The Hall–Kier alpha value is -2.00. The minimum absolute atomic E-state index is 0.0285. The molecule has 2 aromatic carbocycles. The molecular weight excluding hydrogens is 241 g/mol. The molecule has 0 aliphatic carbocycles. The number of Topliss-reactive ketones (excluding diaryl/α,β-unsaturated/α-hetero) is 1. The second kappa shape index (κ2) is 5.76. The van der Waals surface area contributed by atoms with Crippen LogP contribution in [-0.4, -0.2) is 5.78 Å². The third-order valence-corrected chi connectivity index (χ3v) is 3.16. The molecule has 2 N–H and O–H groups in total. The first-order valence-corrected chi connectivity index (χ1v) is 6.17. The number of nitrogens with two attached hydrogens (primary N) is 1. The molecule has 98 valence electrons. The van der Waals surface area contributed by atoms with Crippen LogP contribution in [0.5, 0.6) is 0 Å². The van der Waals surface area contributed by atoms with E-state index in [4.69, 9.17) is 5.73 Å². The van der Waals surface area contributed by atoms with Crippen molar-refractivity contribution in [3.8, 4) is 0 Å². The fourth-order valence-electron chi connectivity index (χ4n) is 2.24. The van der Waals surface area contributed by atoms with Gasteiger partial charge >= 0.3 is 0 Å². The topological polar surface area (TPSA) is 43.1 Å². The summed E-state index contributed by atoms with van der Waals surface area (Å²) in [6, 6.07) is 14.2. The molecule has 2 rings (SSSR count). The summed E-state index contributed by atoms with van der Waals surface area (Å²) in [5, 5.41) is 0. The fourth-order valence-corrected chi connectivity index (χ4v) is 2.24. The largest absolute Gasteiger partial charge is 0.326 e. The maximum absolute atomic E-state index is 13.5. The molecule has 0 spiro atoms. The number of ketones is 1. The molecular formula is C16H16FNO. The van der Waals surface area contributed by atoms with Crippen LogP contribution in [0.2, 0.25) is 0 Å². The Balaban J connectivity index is 2.49. The number of hydrogen-bond donors (Lipinski definition) is 1. The molecule has 2 nitrogen and oxygen atoms in total. The number of rotatable bonds is 4. The summed E-state index contributed by atoms with van der Waals surface area (Å²) in [6.45, 7) is 1.67. The Morgan fingerprint density at radius 1 is 1.16 bits per heavy atom. The third kappa shape index (κ3) is 2.88. The van der Waals surface area contributed by atoms with E-state index in [1.807, 2.05) is 30.3 Å². The first kappa shape index (κ1) is 13.4. The molecule has 0 saturated heterocycles. The van der Waals surface area contributed by atoms with Crippen LogP contribution < -0.4 is 5.73 Å². The molecule has 0 amide bonds. The minimum atomic E-state index is -0.368. The lowest BCUT2D eigenvalue weighted by Gasteiger charge is -2.16. The summed E-state index contributed by atoms with van der Waals surface area (Å²) in [4.78, 5) is 11.9. The highest BCUT2D eigenvalue weighted by Crippen LogP contribution is 2.27. The molecule has 0 saturated carbocycles. The van der Waals surface area contributed by atoms with Gasteiger partial charge < -0.3 is 5.73 Å². The van der Waals surface area contributed by atoms with Gasteiger partial charge in [0.05, 0.1) is 5.92 Å². The van der Waals surface area contributed by atoms with Gasteiger partial charge in [0.25, 0.3) is 0 Å². The molecule has 0 radical (unpaired) electrons. The molecule has 0 bridgehead atoms. The van der Waals surface area contributed by atoms with E-state index >= 15 is 0 Å². The van der Waals surface area contributed by atoms with Crippen molar-refractivity contribution in [1.82, 2.24) is 0 Å². The number of hydrogen-bond acceptors (Lipinski definition) is 2. The van der Waals surface area contributed by atoms with Crippen molar-refractivity contribution in [3.63, 3.8) is 0 Å². The predicted molar refractivity (Wildman–Crippen MR) is 73.3 cm³/mol. The van der Waals surface area contributed by atoms with Crippen molar-refractivity contribution < 1.29 is 9.18 Å². The van der Waals surface area contributed by atoms with Crippen molar-refractivity contribution in [2.24, 2.45) is 5.73 Å². The second-order valence-corrected chi connectivity index (χ2v) is 4.51. The van der Waals surface area contributed by atoms with E-state index in [9.17, 15) is 9.18 Å². The van der Waals surface area contributed by atoms with Gasteiger partial charge in [0, 0.05) is 12.1 Å². The molecule has 3 heteroatoms. The zero-order chi connectivity index (χ0) is 13.8. The zero-order valence-electron chi connectivity index (χ0n) is 10.8. The van der Waals surface area contributed by atoms with Gasteiger partial charge in [-0.05, 0) is 24.1 Å². The lowest BCUT2D eigenvalue weighted by atomic mass is 9.87. The van der Waals surface area contributed by atoms with Crippen LogP contribution in [0.4, 0.5) is 4.39 Å². The standard InChI is InChI=1S/C16H16FNO/c1-11(19)16(12-5-3-2-4-6-12)13-7-8-15(17)14(9-13)10-18/h2-9,16H,10,18H2,1H3. The summed E-state index contributed by atoms with van der Waals surface area (Å²) in [6.07, 6.45) is 0. The Labute approximate surface area is 112 Å². The first-order chi connectivity index (χ1) is 9.13. The predicted octanol–water partition coefficient (Wildman–Crippen LogP) is 3.01. The van der Waals surface area contributed by atoms with Gasteiger partial charge in [0.1, 0.15) is 11.6 Å². The highest BCUT2D eigenvalue weighted by atomic mass is 19.1. The molecule has 1 unspecified atom stereocenters. The van der Waals surface area contributed by atoms with E-state index in [2.05, 4.69) is 0 Å². The number of benzene rings is 2. The minimum Gasteiger partial charge on any atom is -0.326 e. The van der Waals surface area contributed by atoms with Crippen molar-refractivity contribution in [3.05, 3.63) is 71.0 Å². The van der Waals surface area contributed by atoms with Gasteiger partial charge in [0.15, 0.2) is 0 Å². The Morgan fingerprint density at radius 2 is 1.84 bits per heavy atom. The summed E-state index contributed by atoms with van der Waals surface area (Å²) in [5.74, 6) is -0.672. The molecule has 0 heterocycles. The third-order valence-electron chi connectivity index (χ3n) is 3.16. The quantitative estimate of drug-likeness (QED) is 0.915. The zero-order valence-corrected chi connectivity index (χ0v) is 10.8. The lowest BCUT2D eigenvalue weighted by Crippen LogP contribution is -2.12. The van der Waals surface area contributed by atoms with E-state index in [-0.39, 0.29) is 24.1 Å². The maximum Gasteiger partial charge on any atom is 0.141 e. The van der Waals surface area contributed by atoms with Gasteiger partial charge in [-0.1, -0.05) is 42.5 Å². The van der Waals surface area contributed by atoms with E-state index in [1.165, 1.54) is 6.07 Å². The number of carbonyl (C=O) groups excluding carboxylic acids is 1. The smallest absolute Gasteiger partial charge is 0.141 e. The van der Waals surface area contributed by atoms with E-state index in [0.29, 0.717) is 5.56 Å². The monoisotopic (exact) mass is 257 g/mol. The SMILES string of the molecule is CC(=O)C(c1ccccc1)c1ccc(F)c(CN)c1. The summed E-state index contributed by atoms with van der Waals surface area (Å²) in [7, 11) is 0. The molecule has 2 aromatic rings. The second-order valence-electron chi connectivity index (χ2n) is 4.51. The van der Waals surface area contributed by atoms with Crippen molar-refractivity contribution in [2.75, 3.05) is 0 Å². The normalized spacial score (nSPS) is 12.2.